The lowest BCUT2D eigenvalue weighted by molar-refractivity contribution is -0.141. The van der Waals surface area contributed by atoms with E-state index in [1.54, 1.807) is 41.5 Å². The molecular weight excluding hydrogens is 511 g/mol. The number of carbonyl (C=O) groups is 1. The zero-order valence-electron chi connectivity index (χ0n) is 21.1. The highest BCUT2D eigenvalue weighted by Crippen LogP contribution is 2.31. The Balaban J connectivity index is 1.34. The quantitative estimate of drug-likeness (QED) is 0.325. The molecule has 0 aliphatic carbocycles. The molecule has 4 heterocycles. The molecule has 8 nitrogen and oxygen atoms in total. The smallest absolute Gasteiger partial charge is 0.433 e. The van der Waals surface area contributed by atoms with Gasteiger partial charge in [0.1, 0.15) is 11.4 Å². The second-order valence-corrected chi connectivity index (χ2v) is 9.30. The van der Waals surface area contributed by atoms with Gasteiger partial charge in [-0.3, -0.25) is 14.8 Å². The van der Waals surface area contributed by atoms with Crippen LogP contribution in [0.5, 0.6) is 5.75 Å². The SMILES string of the molecule is Cc1ccc(NC(=O)c2ccnc(C(F)(F)F)c2)cc1-n1cc(-c2cnccc2OCC2CCOCC2)cn1. The molecule has 1 aliphatic heterocycles. The lowest BCUT2D eigenvalue weighted by atomic mass is 10.0. The Bertz CT molecular complexity index is 1460. The monoisotopic (exact) mass is 537 g/mol. The molecule has 39 heavy (non-hydrogen) atoms. The molecule has 11 heteroatoms. The van der Waals surface area contributed by atoms with Crippen molar-refractivity contribution in [2.24, 2.45) is 5.92 Å². The second kappa shape index (κ2) is 11.2. The number of hydrogen-bond donors (Lipinski definition) is 1. The van der Waals surface area contributed by atoms with E-state index in [0.717, 1.165) is 55.0 Å². The first-order valence-electron chi connectivity index (χ1n) is 12.4. The van der Waals surface area contributed by atoms with Crippen LogP contribution in [-0.4, -0.2) is 45.5 Å². The fourth-order valence-electron chi connectivity index (χ4n) is 4.30. The van der Waals surface area contributed by atoms with Crippen LogP contribution in [0.4, 0.5) is 18.9 Å². The Hall–Kier alpha value is -4.25. The van der Waals surface area contributed by atoms with Gasteiger partial charge in [-0.25, -0.2) is 4.68 Å². The van der Waals surface area contributed by atoms with Gasteiger partial charge < -0.3 is 14.8 Å². The van der Waals surface area contributed by atoms with E-state index in [2.05, 4.69) is 20.4 Å². The molecule has 5 rings (SSSR count). The lowest BCUT2D eigenvalue weighted by Gasteiger charge is -2.22. The highest BCUT2D eigenvalue weighted by atomic mass is 19.4. The average molecular weight is 538 g/mol. The maximum Gasteiger partial charge on any atom is 0.433 e. The predicted molar refractivity (Wildman–Crippen MR) is 138 cm³/mol. The lowest BCUT2D eigenvalue weighted by Crippen LogP contribution is -2.21. The number of nitrogens with one attached hydrogen (secondary N) is 1. The van der Waals surface area contributed by atoms with Crippen molar-refractivity contribution >= 4 is 11.6 Å². The molecule has 0 atom stereocenters. The Morgan fingerprint density at radius 3 is 2.74 bits per heavy atom. The standard InChI is InChI=1S/C28H26F3N5O3/c1-18-2-3-22(35-27(37)20-4-9-33-26(12-20)28(29,30)31)13-24(18)36-16-21(14-34-36)23-15-32-8-5-25(23)39-17-19-6-10-38-11-7-19/h2-5,8-9,12-16,19H,6-7,10-11,17H2,1H3,(H,35,37). The molecule has 1 aromatic carbocycles. The van der Waals surface area contributed by atoms with Crippen molar-refractivity contribution in [3.63, 3.8) is 0 Å². The normalized spacial score (nSPS) is 14.3. The predicted octanol–water partition coefficient (Wildman–Crippen LogP) is 5.71. The van der Waals surface area contributed by atoms with Crippen molar-refractivity contribution in [3.8, 4) is 22.6 Å². The van der Waals surface area contributed by atoms with Gasteiger partial charge in [-0.15, -0.1) is 0 Å². The minimum Gasteiger partial charge on any atom is -0.493 e. The number of aromatic nitrogens is 4. The number of anilines is 1. The topological polar surface area (TPSA) is 91.2 Å². The van der Waals surface area contributed by atoms with Crippen LogP contribution in [0.25, 0.3) is 16.8 Å². The Morgan fingerprint density at radius 2 is 1.95 bits per heavy atom. The largest absolute Gasteiger partial charge is 0.493 e. The Labute approximate surface area is 222 Å². The zero-order valence-corrected chi connectivity index (χ0v) is 21.1. The first-order chi connectivity index (χ1) is 18.8. The van der Waals surface area contributed by atoms with Gasteiger partial charge in [0.15, 0.2) is 0 Å². The van der Waals surface area contributed by atoms with Gasteiger partial charge >= 0.3 is 6.18 Å². The molecule has 1 saturated heterocycles. The fourth-order valence-corrected chi connectivity index (χ4v) is 4.30. The molecule has 0 radical (unpaired) electrons. The van der Waals surface area contributed by atoms with Crippen LogP contribution < -0.4 is 10.1 Å². The van der Waals surface area contributed by atoms with Gasteiger partial charge in [0, 0.05) is 60.4 Å². The molecule has 1 aliphatic rings. The van der Waals surface area contributed by atoms with Gasteiger partial charge in [-0.05, 0) is 61.6 Å². The number of halogens is 3. The first-order valence-corrected chi connectivity index (χ1v) is 12.4. The molecule has 1 N–H and O–H groups in total. The van der Waals surface area contributed by atoms with E-state index in [9.17, 15) is 18.0 Å². The van der Waals surface area contributed by atoms with E-state index in [4.69, 9.17) is 9.47 Å². The number of hydrogen-bond acceptors (Lipinski definition) is 6. The van der Waals surface area contributed by atoms with Crippen LogP contribution in [0, 0.1) is 12.8 Å². The van der Waals surface area contributed by atoms with Crippen LogP contribution in [0.1, 0.15) is 34.5 Å². The minimum atomic E-state index is -4.64. The molecule has 1 fully saturated rings. The third-order valence-electron chi connectivity index (χ3n) is 6.52. The van der Waals surface area contributed by atoms with Crippen molar-refractivity contribution in [2.45, 2.75) is 25.9 Å². The molecule has 0 spiro atoms. The summed E-state index contributed by atoms with van der Waals surface area (Å²) in [5.74, 6) is 0.472. The molecular formula is C28H26F3N5O3. The van der Waals surface area contributed by atoms with Crippen LogP contribution in [0.3, 0.4) is 0 Å². The average Bonchev–Trinajstić information content (AvgIpc) is 3.43. The van der Waals surface area contributed by atoms with E-state index in [0.29, 0.717) is 29.6 Å². The van der Waals surface area contributed by atoms with Crippen LogP contribution in [0.2, 0.25) is 0 Å². The number of benzene rings is 1. The number of alkyl halides is 3. The van der Waals surface area contributed by atoms with Crippen molar-refractivity contribution in [3.05, 3.63) is 84.2 Å². The summed E-state index contributed by atoms with van der Waals surface area (Å²) in [6, 6.07) is 8.97. The molecule has 202 valence electrons. The molecule has 0 bridgehead atoms. The van der Waals surface area contributed by atoms with Crippen molar-refractivity contribution in [1.82, 2.24) is 19.7 Å². The number of pyridine rings is 2. The number of rotatable bonds is 7. The van der Waals surface area contributed by atoms with Gasteiger partial charge in [0.25, 0.3) is 5.91 Å². The molecule has 3 aromatic heterocycles. The number of amides is 1. The summed E-state index contributed by atoms with van der Waals surface area (Å²) in [6.45, 7) is 3.99. The summed E-state index contributed by atoms with van der Waals surface area (Å²) in [4.78, 5) is 20.2. The second-order valence-electron chi connectivity index (χ2n) is 9.30. The van der Waals surface area contributed by atoms with Crippen molar-refractivity contribution in [1.29, 1.82) is 0 Å². The van der Waals surface area contributed by atoms with Crippen LogP contribution in [-0.2, 0) is 10.9 Å². The summed E-state index contributed by atoms with van der Waals surface area (Å²) < 4.78 is 52.2. The number of aryl methyl sites for hydroxylation is 1. The summed E-state index contributed by atoms with van der Waals surface area (Å²) in [6.07, 6.45) is 5.21. The third kappa shape index (κ3) is 6.26. The number of nitrogens with zero attached hydrogens (tertiary/aromatic N) is 4. The zero-order chi connectivity index (χ0) is 27.4. The summed E-state index contributed by atoms with van der Waals surface area (Å²) >= 11 is 0. The van der Waals surface area contributed by atoms with Gasteiger partial charge in [-0.2, -0.15) is 18.3 Å². The maximum absolute atomic E-state index is 13.0. The maximum atomic E-state index is 13.0. The van der Waals surface area contributed by atoms with Crippen molar-refractivity contribution < 1.29 is 27.4 Å². The van der Waals surface area contributed by atoms with Gasteiger partial charge in [0.2, 0.25) is 0 Å². The summed E-state index contributed by atoms with van der Waals surface area (Å²) in [5.41, 5.74) is 2.31. The van der Waals surface area contributed by atoms with Crippen molar-refractivity contribution in [2.75, 3.05) is 25.1 Å². The van der Waals surface area contributed by atoms with E-state index in [1.807, 2.05) is 19.2 Å². The molecule has 4 aromatic rings. The highest BCUT2D eigenvalue weighted by Gasteiger charge is 2.33. The van der Waals surface area contributed by atoms with E-state index < -0.39 is 17.8 Å². The van der Waals surface area contributed by atoms with Gasteiger partial charge in [-0.1, -0.05) is 6.07 Å². The fraction of sp³-hybridized carbons (Fsp3) is 0.286. The summed E-state index contributed by atoms with van der Waals surface area (Å²) in [5, 5.41) is 7.16. The number of ether oxygens (including phenoxy) is 2. The highest BCUT2D eigenvalue weighted by molar-refractivity contribution is 6.04. The molecule has 0 unspecified atom stereocenters. The Kier molecular flexibility index (Phi) is 7.60. The molecule has 0 saturated carbocycles. The van der Waals surface area contributed by atoms with Crippen LogP contribution >= 0.6 is 0 Å². The van der Waals surface area contributed by atoms with Gasteiger partial charge in [0.05, 0.1) is 18.5 Å². The number of carbonyl (C=O) groups excluding carboxylic acids is 1. The third-order valence-corrected chi connectivity index (χ3v) is 6.52. The Morgan fingerprint density at radius 1 is 1.13 bits per heavy atom. The van der Waals surface area contributed by atoms with E-state index in [-0.39, 0.29) is 5.56 Å². The minimum absolute atomic E-state index is 0.148. The summed E-state index contributed by atoms with van der Waals surface area (Å²) in [7, 11) is 0. The van der Waals surface area contributed by atoms with Crippen LogP contribution in [0.15, 0.2) is 67.4 Å². The molecule has 1 amide bonds. The van der Waals surface area contributed by atoms with E-state index >= 15 is 0 Å². The van der Waals surface area contributed by atoms with E-state index in [1.165, 1.54) is 6.07 Å². The first kappa shape index (κ1) is 26.4.